The Hall–Kier alpha value is -0.770. The molecule has 2 N–H and O–H groups in total. The molecule has 0 aliphatic heterocycles. The second-order valence-corrected chi connectivity index (χ2v) is 6.54. The van der Waals surface area contributed by atoms with E-state index in [4.69, 9.17) is 5.73 Å². The average molecular weight is 263 g/mol. The number of thiophene rings is 1. The van der Waals surface area contributed by atoms with Crippen LogP contribution in [0.5, 0.6) is 0 Å². The maximum absolute atomic E-state index is 6.23. The van der Waals surface area contributed by atoms with Crippen LogP contribution in [-0.2, 0) is 0 Å². The molecule has 2 aromatic rings. The summed E-state index contributed by atoms with van der Waals surface area (Å²) in [7, 11) is 0. The molecule has 0 fully saturated rings. The fourth-order valence-electron chi connectivity index (χ4n) is 1.84. The zero-order valence-electron chi connectivity index (χ0n) is 10.1. The Morgan fingerprint density at radius 3 is 2.53 bits per heavy atom. The molecule has 0 amide bonds. The van der Waals surface area contributed by atoms with Gasteiger partial charge in [0.15, 0.2) is 0 Å². The number of nitrogens with two attached hydrogens (primary N) is 1. The molecule has 1 aromatic carbocycles. The lowest BCUT2D eigenvalue weighted by Gasteiger charge is -2.12. The summed E-state index contributed by atoms with van der Waals surface area (Å²) in [6, 6.07) is 10.9. The van der Waals surface area contributed by atoms with E-state index in [2.05, 4.69) is 49.6 Å². The highest BCUT2D eigenvalue weighted by molar-refractivity contribution is 8.01. The lowest BCUT2D eigenvalue weighted by Crippen LogP contribution is -2.13. The van der Waals surface area contributed by atoms with Crippen molar-refractivity contribution in [3.05, 3.63) is 52.4 Å². The topological polar surface area (TPSA) is 26.0 Å². The summed E-state index contributed by atoms with van der Waals surface area (Å²) in [4.78, 5) is 0. The molecule has 90 valence electrons. The van der Waals surface area contributed by atoms with Gasteiger partial charge in [0.05, 0.1) is 4.21 Å². The Balaban J connectivity index is 2.01. The molecule has 0 saturated heterocycles. The first kappa shape index (κ1) is 12.7. The summed E-state index contributed by atoms with van der Waals surface area (Å²) in [5.74, 6) is 0.934. The van der Waals surface area contributed by atoms with E-state index >= 15 is 0 Å². The molecule has 0 spiro atoms. The van der Waals surface area contributed by atoms with Crippen LogP contribution in [-0.4, -0.2) is 5.75 Å². The number of aryl methyl sites for hydroxylation is 2. The van der Waals surface area contributed by atoms with E-state index < -0.39 is 0 Å². The third kappa shape index (κ3) is 3.60. The lowest BCUT2D eigenvalue weighted by molar-refractivity contribution is 0.829. The number of rotatable bonds is 4. The molecular weight excluding hydrogens is 246 g/mol. The Bertz CT molecular complexity index is 457. The largest absolute Gasteiger partial charge is 0.323 e. The van der Waals surface area contributed by atoms with Crippen LogP contribution in [0.4, 0.5) is 0 Å². The van der Waals surface area contributed by atoms with E-state index in [0.29, 0.717) is 0 Å². The van der Waals surface area contributed by atoms with E-state index in [1.54, 1.807) is 11.3 Å². The van der Waals surface area contributed by atoms with Crippen LogP contribution in [0, 0.1) is 13.8 Å². The number of thioether (sulfide) groups is 1. The zero-order valence-corrected chi connectivity index (χ0v) is 11.8. The zero-order chi connectivity index (χ0) is 12.3. The van der Waals surface area contributed by atoms with Gasteiger partial charge in [0.1, 0.15) is 0 Å². The van der Waals surface area contributed by atoms with Gasteiger partial charge in [0.2, 0.25) is 0 Å². The van der Waals surface area contributed by atoms with E-state index in [0.717, 1.165) is 5.75 Å². The van der Waals surface area contributed by atoms with Gasteiger partial charge >= 0.3 is 0 Å². The SMILES string of the molecule is Cc1cc(C)cc(C(N)CSc2cccs2)c1. The Morgan fingerprint density at radius 1 is 1.24 bits per heavy atom. The summed E-state index contributed by atoms with van der Waals surface area (Å²) < 4.78 is 1.34. The van der Waals surface area contributed by atoms with Crippen LogP contribution in [0.15, 0.2) is 39.9 Å². The smallest absolute Gasteiger partial charge is 0.0599 e. The monoisotopic (exact) mass is 263 g/mol. The molecule has 1 heterocycles. The molecule has 1 unspecified atom stereocenters. The summed E-state index contributed by atoms with van der Waals surface area (Å²) in [5.41, 5.74) is 10.1. The predicted octanol–water partition coefficient (Wildman–Crippen LogP) is 4.16. The third-order valence-corrected chi connectivity index (χ3v) is 4.82. The average Bonchev–Trinajstić information content (AvgIpc) is 2.77. The normalized spacial score (nSPS) is 12.6. The molecule has 1 nitrogen and oxygen atoms in total. The minimum absolute atomic E-state index is 0.112. The number of hydrogen-bond donors (Lipinski definition) is 1. The lowest BCUT2D eigenvalue weighted by atomic mass is 10.0. The molecule has 2 rings (SSSR count). The van der Waals surface area contributed by atoms with Gasteiger partial charge in [-0.2, -0.15) is 0 Å². The van der Waals surface area contributed by atoms with Gasteiger partial charge in [-0.25, -0.2) is 0 Å². The summed E-state index contributed by atoms with van der Waals surface area (Å²) in [6.45, 7) is 4.24. The highest BCUT2D eigenvalue weighted by Gasteiger charge is 2.08. The van der Waals surface area contributed by atoms with Crippen molar-refractivity contribution in [3.63, 3.8) is 0 Å². The highest BCUT2D eigenvalue weighted by Crippen LogP contribution is 2.27. The Morgan fingerprint density at radius 2 is 1.94 bits per heavy atom. The molecular formula is C14H17NS2. The van der Waals surface area contributed by atoms with Gasteiger partial charge in [-0.1, -0.05) is 35.4 Å². The van der Waals surface area contributed by atoms with E-state index in [-0.39, 0.29) is 6.04 Å². The van der Waals surface area contributed by atoms with Gasteiger partial charge in [-0.15, -0.1) is 23.1 Å². The number of benzene rings is 1. The summed E-state index contributed by atoms with van der Waals surface area (Å²) in [5, 5.41) is 2.10. The molecule has 1 aromatic heterocycles. The quantitative estimate of drug-likeness (QED) is 0.838. The van der Waals surface area contributed by atoms with Crippen LogP contribution < -0.4 is 5.73 Å². The Kier molecular flexibility index (Phi) is 4.26. The van der Waals surface area contributed by atoms with Crippen LogP contribution in [0.25, 0.3) is 0 Å². The van der Waals surface area contributed by atoms with Crippen molar-refractivity contribution in [2.45, 2.75) is 24.1 Å². The van der Waals surface area contributed by atoms with E-state index in [1.807, 2.05) is 11.8 Å². The van der Waals surface area contributed by atoms with E-state index in [1.165, 1.54) is 20.9 Å². The maximum atomic E-state index is 6.23. The highest BCUT2D eigenvalue weighted by atomic mass is 32.2. The molecule has 0 aliphatic carbocycles. The van der Waals surface area contributed by atoms with Crippen LogP contribution in [0.2, 0.25) is 0 Å². The van der Waals surface area contributed by atoms with Crippen molar-refractivity contribution in [1.82, 2.24) is 0 Å². The van der Waals surface area contributed by atoms with Crippen molar-refractivity contribution in [1.29, 1.82) is 0 Å². The maximum Gasteiger partial charge on any atom is 0.0599 e. The van der Waals surface area contributed by atoms with Crippen molar-refractivity contribution < 1.29 is 0 Å². The standard InChI is InChI=1S/C14H17NS2/c1-10-6-11(2)8-12(7-10)13(15)9-17-14-4-3-5-16-14/h3-8,13H,9,15H2,1-2H3. The fourth-order valence-corrected chi connectivity index (χ4v) is 3.64. The minimum atomic E-state index is 0.112. The van der Waals surface area contributed by atoms with Crippen molar-refractivity contribution in [3.8, 4) is 0 Å². The third-order valence-electron chi connectivity index (χ3n) is 2.57. The van der Waals surface area contributed by atoms with Crippen LogP contribution in [0.3, 0.4) is 0 Å². The molecule has 0 radical (unpaired) electrons. The molecule has 0 aliphatic rings. The van der Waals surface area contributed by atoms with Gasteiger partial charge in [-0.05, 0) is 30.9 Å². The number of hydrogen-bond acceptors (Lipinski definition) is 3. The molecule has 17 heavy (non-hydrogen) atoms. The summed E-state index contributed by atoms with van der Waals surface area (Å²) >= 11 is 3.61. The second-order valence-electron chi connectivity index (χ2n) is 4.27. The first-order valence-electron chi connectivity index (χ1n) is 5.65. The molecule has 0 saturated carbocycles. The van der Waals surface area contributed by atoms with Crippen LogP contribution >= 0.6 is 23.1 Å². The van der Waals surface area contributed by atoms with Gasteiger partial charge in [0.25, 0.3) is 0 Å². The van der Waals surface area contributed by atoms with Crippen molar-refractivity contribution in [2.24, 2.45) is 5.73 Å². The molecule has 0 bridgehead atoms. The van der Waals surface area contributed by atoms with E-state index in [9.17, 15) is 0 Å². The predicted molar refractivity (Wildman–Crippen MR) is 77.9 cm³/mol. The van der Waals surface area contributed by atoms with Crippen molar-refractivity contribution >= 4 is 23.1 Å². The summed E-state index contributed by atoms with van der Waals surface area (Å²) in [6.07, 6.45) is 0. The molecule has 3 heteroatoms. The van der Waals surface area contributed by atoms with Crippen LogP contribution in [0.1, 0.15) is 22.7 Å². The van der Waals surface area contributed by atoms with Crippen molar-refractivity contribution in [2.75, 3.05) is 5.75 Å². The minimum Gasteiger partial charge on any atom is -0.323 e. The first-order chi connectivity index (χ1) is 8.15. The Labute approximate surface area is 111 Å². The van der Waals surface area contributed by atoms with Gasteiger partial charge in [0, 0.05) is 11.8 Å². The first-order valence-corrected chi connectivity index (χ1v) is 7.52. The fraction of sp³-hybridized carbons (Fsp3) is 0.286. The molecule has 1 atom stereocenters. The second kappa shape index (κ2) is 5.71. The van der Waals surface area contributed by atoms with Gasteiger partial charge < -0.3 is 5.73 Å². The van der Waals surface area contributed by atoms with Gasteiger partial charge in [-0.3, -0.25) is 0 Å².